The van der Waals surface area contributed by atoms with Crippen LogP contribution >= 0.6 is 11.6 Å². The lowest BCUT2D eigenvalue weighted by Gasteiger charge is -2.55. The van der Waals surface area contributed by atoms with E-state index in [2.05, 4.69) is 21.4 Å². The summed E-state index contributed by atoms with van der Waals surface area (Å²) in [5.74, 6) is 1.67. The molecule has 3 heterocycles. The fourth-order valence-electron chi connectivity index (χ4n) is 4.98. The van der Waals surface area contributed by atoms with Crippen LogP contribution in [-0.4, -0.2) is 37.5 Å². The van der Waals surface area contributed by atoms with Gasteiger partial charge in [0.25, 0.3) is 10.0 Å². The van der Waals surface area contributed by atoms with E-state index in [0.717, 1.165) is 48.4 Å². The number of rotatable bonds is 4. The van der Waals surface area contributed by atoms with Crippen LogP contribution in [0.5, 0.6) is 5.75 Å². The maximum atomic E-state index is 12.2. The van der Waals surface area contributed by atoms with Crippen LogP contribution in [0.3, 0.4) is 0 Å². The highest BCUT2D eigenvalue weighted by atomic mass is 35.5. The van der Waals surface area contributed by atoms with Gasteiger partial charge < -0.3 is 9.64 Å². The number of nitrogens with zero attached hydrogens (tertiary/aromatic N) is 2. The number of halogens is 1. The van der Waals surface area contributed by atoms with Crippen molar-refractivity contribution in [2.24, 2.45) is 4.40 Å². The Morgan fingerprint density at radius 3 is 2.62 bits per heavy atom. The van der Waals surface area contributed by atoms with Crippen LogP contribution in [-0.2, 0) is 22.0 Å². The molecule has 0 amide bonds. The van der Waals surface area contributed by atoms with Gasteiger partial charge in [-0.05, 0) is 61.1 Å². The van der Waals surface area contributed by atoms with E-state index in [4.69, 9.17) is 16.3 Å². The van der Waals surface area contributed by atoms with Gasteiger partial charge in [0.05, 0.1) is 11.2 Å². The van der Waals surface area contributed by atoms with Gasteiger partial charge in [-0.15, -0.1) is 4.40 Å². The summed E-state index contributed by atoms with van der Waals surface area (Å²) in [7, 11) is -3.36. The molecule has 29 heavy (non-hydrogen) atoms. The van der Waals surface area contributed by atoms with Gasteiger partial charge >= 0.3 is 0 Å². The lowest BCUT2D eigenvalue weighted by atomic mass is 9.63. The summed E-state index contributed by atoms with van der Waals surface area (Å²) in [6, 6.07) is 16.1. The van der Waals surface area contributed by atoms with Crippen LogP contribution in [0.2, 0.25) is 5.02 Å². The average Bonchev–Trinajstić information content (AvgIpc) is 2.73. The molecule has 7 heteroatoms. The highest BCUT2D eigenvalue weighted by Crippen LogP contribution is 2.49. The van der Waals surface area contributed by atoms with Gasteiger partial charge in [-0.2, -0.15) is 0 Å². The minimum atomic E-state index is -3.36. The third-order valence-electron chi connectivity index (χ3n) is 6.47. The van der Waals surface area contributed by atoms with Crippen LogP contribution in [0.25, 0.3) is 0 Å². The van der Waals surface area contributed by atoms with Gasteiger partial charge in [0.15, 0.2) is 0 Å². The Labute approximate surface area is 176 Å². The molecule has 2 bridgehead atoms. The van der Waals surface area contributed by atoms with E-state index in [9.17, 15) is 8.42 Å². The first kappa shape index (κ1) is 18.9. The van der Waals surface area contributed by atoms with Crippen molar-refractivity contribution in [2.45, 2.75) is 43.7 Å². The summed E-state index contributed by atoms with van der Waals surface area (Å²) in [6.07, 6.45) is 4.08. The molecule has 6 rings (SSSR count). The number of piperidine rings is 2. The normalized spacial score (nSPS) is 27.3. The molecular weight excluding hydrogens is 408 g/mol. The molecular formula is C22H23ClN2O3S. The topological polar surface area (TPSA) is 59.0 Å². The first-order chi connectivity index (χ1) is 14.0. The number of hydrogen-bond acceptors (Lipinski definition) is 4. The quantitative estimate of drug-likeness (QED) is 0.730. The van der Waals surface area contributed by atoms with Crippen LogP contribution < -0.4 is 4.74 Å². The molecule has 0 N–H and O–H groups in total. The summed E-state index contributed by atoms with van der Waals surface area (Å²) in [4.78, 5) is 2.25. The van der Waals surface area contributed by atoms with E-state index in [1.54, 1.807) is 0 Å². The third-order valence-corrected chi connectivity index (χ3v) is 7.85. The van der Waals surface area contributed by atoms with Gasteiger partial charge in [0, 0.05) is 17.6 Å². The monoisotopic (exact) mass is 430 g/mol. The summed E-state index contributed by atoms with van der Waals surface area (Å²) >= 11 is 6.03. The molecule has 1 saturated carbocycles. The maximum Gasteiger partial charge on any atom is 0.256 e. The van der Waals surface area contributed by atoms with Gasteiger partial charge in [0.2, 0.25) is 0 Å². The van der Waals surface area contributed by atoms with Gasteiger partial charge in [-0.1, -0.05) is 35.9 Å². The van der Waals surface area contributed by atoms with Crippen molar-refractivity contribution in [1.29, 1.82) is 0 Å². The van der Waals surface area contributed by atoms with Crippen LogP contribution in [0.4, 0.5) is 0 Å². The Kier molecular flexibility index (Phi) is 4.59. The number of hydrogen-bond donors (Lipinski definition) is 0. The van der Waals surface area contributed by atoms with Crippen molar-refractivity contribution in [1.82, 2.24) is 4.90 Å². The Bertz CT molecular complexity index is 1060. The highest BCUT2D eigenvalue weighted by molar-refractivity contribution is 7.90. The van der Waals surface area contributed by atoms with Gasteiger partial charge in [-0.3, -0.25) is 0 Å². The Hall–Kier alpha value is -2.05. The Balaban J connectivity index is 1.41. The van der Waals surface area contributed by atoms with Crippen molar-refractivity contribution < 1.29 is 13.2 Å². The number of ether oxygens (including phenoxy) is 1. The molecule has 0 radical (unpaired) electrons. The van der Waals surface area contributed by atoms with Crippen molar-refractivity contribution >= 4 is 27.5 Å². The molecule has 0 aromatic heterocycles. The standard InChI is InChI=1S/C22H23ClN2O3S/c23-18-3-1-2-16(14-18)15-28-20-6-4-17(5-7-20)22-10-8-19(9-11-22)25-12-13-29(26,27)24-21(22)25/h1-7,14,19H,8-13,15H2. The summed E-state index contributed by atoms with van der Waals surface area (Å²) in [5, 5.41) is 0.696. The molecule has 3 fully saturated rings. The molecule has 3 aliphatic heterocycles. The van der Waals surface area contributed by atoms with Crippen molar-refractivity contribution in [3.05, 3.63) is 64.7 Å². The first-order valence-corrected chi connectivity index (χ1v) is 12.0. The molecule has 0 unspecified atom stereocenters. The number of benzene rings is 2. The summed E-state index contributed by atoms with van der Waals surface area (Å²) in [6.45, 7) is 1.01. The smallest absolute Gasteiger partial charge is 0.256 e. The molecule has 152 valence electrons. The number of amidine groups is 1. The Morgan fingerprint density at radius 1 is 1.14 bits per heavy atom. The zero-order valence-electron chi connectivity index (χ0n) is 16.1. The molecule has 4 aliphatic rings. The summed E-state index contributed by atoms with van der Waals surface area (Å²) in [5.41, 5.74) is 1.85. The second-order valence-electron chi connectivity index (χ2n) is 8.15. The minimum absolute atomic E-state index is 0.124. The van der Waals surface area contributed by atoms with Gasteiger partial charge in [-0.25, -0.2) is 8.42 Å². The van der Waals surface area contributed by atoms with E-state index >= 15 is 0 Å². The lowest BCUT2D eigenvalue weighted by molar-refractivity contribution is 0.151. The predicted octanol–water partition coefficient (Wildman–Crippen LogP) is 4.16. The Morgan fingerprint density at radius 2 is 1.90 bits per heavy atom. The van der Waals surface area contributed by atoms with Crippen molar-refractivity contribution in [3.63, 3.8) is 0 Å². The van der Waals surface area contributed by atoms with E-state index < -0.39 is 10.0 Å². The lowest BCUT2D eigenvalue weighted by Crippen LogP contribution is -2.62. The zero-order chi connectivity index (χ0) is 20.1. The second-order valence-corrected chi connectivity index (χ2v) is 10.3. The van der Waals surface area contributed by atoms with Crippen molar-refractivity contribution in [2.75, 3.05) is 12.3 Å². The highest BCUT2D eigenvalue weighted by Gasteiger charge is 2.52. The maximum absolute atomic E-state index is 12.2. The fourth-order valence-corrected chi connectivity index (χ4v) is 6.25. The van der Waals surface area contributed by atoms with E-state index in [1.165, 1.54) is 0 Å². The van der Waals surface area contributed by atoms with E-state index in [0.29, 0.717) is 24.2 Å². The largest absolute Gasteiger partial charge is 0.489 e. The van der Waals surface area contributed by atoms with Crippen LogP contribution in [0.1, 0.15) is 36.8 Å². The second kappa shape index (κ2) is 7.03. The molecule has 5 nitrogen and oxygen atoms in total. The molecule has 0 spiro atoms. The SMILES string of the molecule is O=S1(=O)CCN2C(=N1)C1(c3ccc(OCc4cccc(Cl)c4)cc3)CCC2CC1. The minimum Gasteiger partial charge on any atom is -0.489 e. The third kappa shape index (κ3) is 3.42. The van der Waals surface area contributed by atoms with Crippen LogP contribution in [0.15, 0.2) is 52.9 Å². The average molecular weight is 431 g/mol. The number of sulfonamides is 1. The molecule has 2 saturated heterocycles. The van der Waals surface area contributed by atoms with Crippen molar-refractivity contribution in [3.8, 4) is 5.75 Å². The van der Waals surface area contributed by atoms with E-state index in [-0.39, 0.29) is 11.2 Å². The number of fused-ring (bicyclic) bond motifs is 2. The predicted molar refractivity (Wildman–Crippen MR) is 114 cm³/mol. The molecule has 2 aromatic carbocycles. The summed E-state index contributed by atoms with van der Waals surface area (Å²) < 4.78 is 34.6. The molecule has 1 aliphatic carbocycles. The molecule has 2 aromatic rings. The van der Waals surface area contributed by atoms with Gasteiger partial charge in [0.1, 0.15) is 18.2 Å². The fraction of sp³-hybridized carbons (Fsp3) is 0.409. The van der Waals surface area contributed by atoms with E-state index in [1.807, 2.05) is 36.4 Å². The molecule has 0 atom stereocenters. The zero-order valence-corrected chi connectivity index (χ0v) is 17.6. The first-order valence-electron chi connectivity index (χ1n) is 10.0. The van der Waals surface area contributed by atoms with Crippen LogP contribution in [0, 0.1) is 0 Å².